The van der Waals surface area contributed by atoms with Gasteiger partial charge in [0.15, 0.2) is 0 Å². The van der Waals surface area contributed by atoms with Crippen molar-refractivity contribution in [2.75, 3.05) is 5.32 Å². The molecule has 3 N–H and O–H groups in total. The summed E-state index contributed by atoms with van der Waals surface area (Å²) in [5, 5.41) is 21.2. The Morgan fingerprint density at radius 2 is 2.00 bits per heavy atom. The topological polar surface area (TPSA) is 99.5 Å². The van der Waals surface area contributed by atoms with Gasteiger partial charge in [-0.3, -0.25) is 9.78 Å². The van der Waals surface area contributed by atoms with Crippen molar-refractivity contribution in [2.24, 2.45) is 0 Å². The van der Waals surface area contributed by atoms with Gasteiger partial charge in [0.05, 0.1) is 21.8 Å². The molecule has 1 amide bonds. The highest BCUT2D eigenvalue weighted by Gasteiger charge is 2.15. The molecule has 0 saturated heterocycles. The molecule has 0 radical (unpaired) electrons. The number of hydrogen-bond donors (Lipinski definition) is 3. The average molecular weight is 307 g/mol. The van der Waals surface area contributed by atoms with E-state index in [1.165, 1.54) is 24.4 Å². The fraction of sp³-hybridized carbons (Fsp3) is 0.0714. The normalized spacial score (nSPS) is 10.2. The number of aromatic nitrogens is 1. The minimum absolute atomic E-state index is 0.0171. The van der Waals surface area contributed by atoms with Crippen molar-refractivity contribution in [3.05, 3.63) is 52.3 Å². The van der Waals surface area contributed by atoms with Crippen LogP contribution in [0, 0.1) is 6.92 Å². The van der Waals surface area contributed by atoms with E-state index in [0.717, 1.165) is 6.07 Å². The highest BCUT2D eigenvalue weighted by Crippen LogP contribution is 2.26. The number of halogens is 1. The Hall–Kier alpha value is -2.60. The number of carboxylic acid groups (broad SMARTS) is 1. The number of aromatic hydroxyl groups is 1. The quantitative estimate of drug-likeness (QED) is 0.757. The number of carboxylic acids is 1. The Bertz CT molecular complexity index is 731. The molecule has 0 unspecified atom stereocenters. The molecule has 2 aromatic rings. The lowest BCUT2D eigenvalue weighted by atomic mass is 10.1. The second-order valence-electron chi connectivity index (χ2n) is 4.30. The number of aromatic carboxylic acids is 1. The fourth-order valence-electron chi connectivity index (χ4n) is 1.65. The molecule has 108 valence electrons. The van der Waals surface area contributed by atoms with Crippen LogP contribution in [0.25, 0.3) is 0 Å². The van der Waals surface area contributed by atoms with Crippen molar-refractivity contribution >= 4 is 29.2 Å². The third kappa shape index (κ3) is 3.29. The summed E-state index contributed by atoms with van der Waals surface area (Å²) >= 11 is 5.95. The SMILES string of the molecule is Cc1cc(Cl)c(C(=O)Nc2cc(C(=O)O)ccc2O)cn1. The van der Waals surface area contributed by atoms with Gasteiger partial charge in [-0.25, -0.2) is 4.79 Å². The van der Waals surface area contributed by atoms with Crippen LogP contribution in [0.4, 0.5) is 5.69 Å². The first-order valence-corrected chi connectivity index (χ1v) is 6.26. The minimum Gasteiger partial charge on any atom is -0.506 e. The summed E-state index contributed by atoms with van der Waals surface area (Å²) in [6, 6.07) is 5.11. The number of benzene rings is 1. The summed E-state index contributed by atoms with van der Waals surface area (Å²) in [5.41, 5.74) is 0.711. The van der Waals surface area contributed by atoms with E-state index < -0.39 is 11.9 Å². The number of carbonyl (C=O) groups excluding carboxylic acids is 1. The molecule has 0 aliphatic carbocycles. The Kier molecular flexibility index (Phi) is 4.09. The van der Waals surface area contributed by atoms with Crippen LogP contribution in [0.5, 0.6) is 5.75 Å². The van der Waals surface area contributed by atoms with Crippen LogP contribution < -0.4 is 5.32 Å². The number of nitrogens with one attached hydrogen (secondary N) is 1. The Morgan fingerprint density at radius 3 is 2.62 bits per heavy atom. The van der Waals surface area contributed by atoms with Gasteiger partial charge in [-0.1, -0.05) is 11.6 Å². The average Bonchev–Trinajstić information content (AvgIpc) is 2.40. The Morgan fingerprint density at radius 1 is 1.29 bits per heavy atom. The molecule has 7 heteroatoms. The Balaban J connectivity index is 2.31. The van der Waals surface area contributed by atoms with Crippen LogP contribution in [-0.2, 0) is 0 Å². The zero-order chi connectivity index (χ0) is 15.6. The van der Waals surface area contributed by atoms with Crippen LogP contribution in [0.2, 0.25) is 5.02 Å². The molecule has 1 aromatic heterocycles. The van der Waals surface area contributed by atoms with Gasteiger partial charge in [0.1, 0.15) is 5.75 Å². The number of hydrogen-bond acceptors (Lipinski definition) is 4. The summed E-state index contributed by atoms with van der Waals surface area (Å²) in [5.74, 6) is -2.00. The maximum absolute atomic E-state index is 12.1. The third-order valence-corrected chi connectivity index (χ3v) is 3.04. The van der Waals surface area contributed by atoms with Crippen LogP contribution >= 0.6 is 11.6 Å². The number of carbonyl (C=O) groups is 2. The number of amides is 1. The van der Waals surface area contributed by atoms with Gasteiger partial charge in [0.2, 0.25) is 0 Å². The van der Waals surface area contributed by atoms with E-state index >= 15 is 0 Å². The first kappa shape index (κ1) is 14.8. The molecule has 0 aliphatic rings. The number of anilines is 1. The van der Waals surface area contributed by atoms with E-state index in [9.17, 15) is 14.7 Å². The van der Waals surface area contributed by atoms with Gasteiger partial charge in [-0.05, 0) is 31.2 Å². The summed E-state index contributed by atoms with van der Waals surface area (Å²) in [7, 11) is 0. The maximum atomic E-state index is 12.1. The number of phenols is 1. The molecule has 0 saturated carbocycles. The van der Waals surface area contributed by atoms with E-state index in [2.05, 4.69) is 10.3 Å². The van der Waals surface area contributed by atoms with E-state index in [4.69, 9.17) is 16.7 Å². The largest absolute Gasteiger partial charge is 0.506 e. The van der Waals surface area contributed by atoms with Gasteiger partial charge in [-0.15, -0.1) is 0 Å². The predicted octanol–water partition coefficient (Wildman–Crippen LogP) is 2.70. The molecule has 2 rings (SSSR count). The van der Waals surface area contributed by atoms with Crippen LogP contribution in [-0.4, -0.2) is 27.1 Å². The van der Waals surface area contributed by atoms with Crippen molar-refractivity contribution in [3.63, 3.8) is 0 Å². The lowest BCUT2D eigenvalue weighted by Gasteiger charge is -2.09. The van der Waals surface area contributed by atoms with Crippen molar-refractivity contribution in [2.45, 2.75) is 6.92 Å². The lowest BCUT2D eigenvalue weighted by Crippen LogP contribution is -2.13. The molecule has 21 heavy (non-hydrogen) atoms. The van der Waals surface area contributed by atoms with Crippen LogP contribution in [0.15, 0.2) is 30.5 Å². The monoisotopic (exact) mass is 306 g/mol. The molecule has 0 fully saturated rings. The first-order valence-electron chi connectivity index (χ1n) is 5.88. The standard InChI is InChI=1S/C14H11ClN2O4/c1-7-4-10(15)9(6-16-7)13(19)17-11-5-8(14(20)21)2-3-12(11)18/h2-6,18H,1H3,(H,17,19)(H,20,21). The summed E-state index contributed by atoms with van der Waals surface area (Å²) in [6.07, 6.45) is 1.31. The van der Waals surface area contributed by atoms with E-state index in [0.29, 0.717) is 5.69 Å². The molecule has 1 heterocycles. The second-order valence-corrected chi connectivity index (χ2v) is 4.70. The van der Waals surface area contributed by atoms with Crippen LogP contribution in [0.1, 0.15) is 26.4 Å². The molecule has 6 nitrogen and oxygen atoms in total. The number of nitrogens with zero attached hydrogens (tertiary/aromatic N) is 1. The number of aryl methyl sites for hydroxylation is 1. The highest BCUT2D eigenvalue weighted by molar-refractivity contribution is 6.34. The molecule has 0 bridgehead atoms. The minimum atomic E-state index is -1.17. The van der Waals surface area contributed by atoms with E-state index in [-0.39, 0.29) is 27.6 Å². The van der Waals surface area contributed by atoms with Gasteiger partial charge in [-0.2, -0.15) is 0 Å². The Labute approximate surface area is 125 Å². The molecular formula is C14H11ClN2O4. The number of phenolic OH excluding ortho intramolecular Hbond substituents is 1. The fourth-order valence-corrected chi connectivity index (χ4v) is 1.94. The molecule has 0 aliphatic heterocycles. The lowest BCUT2D eigenvalue weighted by molar-refractivity contribution is 0.0696. The van der Waals surface area contributed by atoms with Crippen molar-refractivity contribution in [3.8, 4) is 5.75 Å². The molecule has 1 aromatic carbocycles. The van der Waals surface area contributed by atoms with E-state index in [1.807, 2.05) is 0 Å². The summed E-state index contributed by atoms with van der Waals surface area (Å²) < 4.78 is 0. The van der Waals surface area contributed by atoms with Crippen molar-refractivity contribution in [1.29, 1.82) is 0 Å². The maximum Gasteiger partial charge on any atom is 0.335 e. The van der Waals surface area contributed by atoms with Gasteiger partial charge in [0.25, 0.3) is 5.91 Å². The molecular weight excluding hydrogens is 296 g/mol. The van der Waals surface area contributed by atoms with Crippen LogP contribution in [0.3, 0.4) is 0 Å². The summed E-state index contributed by atoms with van der Waals surface area (Å²) in [4.78, 5) is 26.9. The van der Waals surface area contributed by atoms with Crippen molar-refractivity contribution < 1.29 is 19.8 Å². The predicted molar refractivity (Wildman–Crippen MR) is 77.0 cm³/mol. The number of rotatable bonds is 3. The third-order valence-electron chi connectivity index (χ3n) is 2.73. The summed E-state index contributed by atoms with van der Waals surface area (Å²) in [6.45, 7) is 1.73. The zero-order valence-electron chi connectivity index (χ0n) is 10.9. The van der Waals surface area contributed by atoms with Gasteiger partial charge < -0.3 is 15.5 Å². The second kappa shape index (κ2) is 5.80. The molecule has 0 atom stereocenters. The first-order chi connectivity index (χ1) is 9.88. The van der Waals surface area contributed by atoms with Gasteiger partial charge in [0, 0.05) is 11.9 Å². The number of pyridine rings is 1. The van der Waals surface area contributed by atoms with E-state index in [1.54, 1.807) is 6.92 Å². The smallest absolute Gasteiger partial charge is 0.335 e. The molecule has 0 spiro atoms. The highest BCUT2D eigenvalue weighted by atomic mass is 35.5. The van der Waals surface area contributed by atoms with Gasteiger partial charge >= 0.3 is 5.97 Å². The van der Waals surface area contributed by atoms with Crippen molar-refractivity contribution in [1.82, 2.24) is 4.98 Å². The zero-order valence-corrected chi connectivity index (χ0v) is 11.7.